The van der Waals surface area contributed by atoms with Crippen LogP contribution in [0.5, 0.6) is 0 Å². The van der Waals surface area contributed by atoms with Gasteiger partial charge in [0.05, 0.1) is 0 Å². The summed E-state index contributed by atoms with van der Waals surface area (Å²) in [6.07, 6.45) is 20.0. The van der Waals surface area contributed by atoms with Crippen molar-refractivity contribution in [2.24, 2.45) is 35.0 Å². The van der Waals surface area contributed by atoms with E-state index < -0.39 is 16.6 Å². The lowest BCUT2D eigenvalue weighted by Gasteiger charge is -2.59. The summed E-state index contributed by atoms with van der Waals surface area (Å²) in [5.74, 6) is 7.73. The minimum Gasteiger partial charge on any atom is -0.415 e. The van der Waals surface area contributed by atoms with E-state index in [4.69, 9.17) is 15.3 Å². The highest BCUT2D eigenvalue weighted by atomic mass is 28.4. The van der Waals surface area contributed by atoms with Gasteiger partial charge in [0.2, 0.25) is 0 Å². The van der Waals surface area contributed by atoms with Crippen molar-refractivity contribution < 1.29 is 8.85 Å². The molecule has 4 fully saturated rings. The van der Waals surface area contributed by atoms with Crippen LogP contribution in [0.25, 0.3) is 0 Å². The van der Waals surface area contributed by atoms with E-state index in [-0.39, 0.29) is 11.0 Å². The predicted molar refractivity (Wildman–Crippen MR) is 136 cm³/mol. The molecule has 4 aliphatic carbocycles. The number of rotatable bonds is 5. The lowest BCUT2D eigenvalue weighted by atomic mass is 9.48. The Labute approximate surface area is 194 Å². The molecule has 31 heavy (non-hydrogen) atoms. The van der Waals surface area contributed by atoms with Gasteiger partial charge in [0.15, 0.2) is 16.6 Å². The van der Waals surface area contributed by atoms with Crippen LogP contribution in [0.3, 0.4) is 0 Å². The zero-order valence-electron chi connectivity index (χ0n) is 21.4. The van der Waals surface area contributed by atoms with Crippen LogP contribution in [-0.2, 0) is 8.85 Å². The Morgan fingerprint density at radius 3 is 2.16 bits per heavy atom. The molecule has 0 heterocycles. The van der Waals surface area contributed by atoms with Crippen molar-refractivity contribution in [2.75, 3.05) is 0 Å². The highest BCUT2D eigenvalue weighted by molar-refractivity contribution is 6.70. The predicted octanol–water partition coefficient (Wildman–Crippen LogP) is 7.47. The third-order valence-electron chi connectivity index (χ3n) is 9.59. The van der Waals surface area contributed by atoms with Gasteiger partial charge in [-0.1, -0.05) is 12.8 Å². The van der Waals surface area contributed by atoms with Gasteiger partial charge in [-0.05, 0) is 133 Å². The van der Waals surface area contributed by atoms with Crippen molar-refractivity contribution in [1.82, 2.24) is 0 Å². The number of hydrogen-bond acceptors (Lipinski definition) is 2. The van der Waals surface area contributed by atoms with Crippen LogP contribution in [0.4, 0.5) is 0 Å². The van der Waals surface area contributed by atoms with Gasteiger partial charge in [0.1, 0.15) is 5.60 Å². The van der Waals surface area contributed by atoms with Gasteiger partial charge in [-0.2, -0.15) is 0 Å². The Bertz CT molecular complexity index is 701. The van der Waals surface area contributed by atoms with Crippen molar-refractivity contribution in [3.05, 3.63) is 0 Å². The minimum atomic E-state index is -1.71. The maximum atomic E-state index is 6.94. The number of fused-ring (bicyclic) bond motifs is 5. The van der Waals surface area contributed by atoms with Gasteiger partial charge < -0.3 is 8.85 Å². The van der Waals surface area contributed by atoms with Gasteiger partial charge in [-0.3, -0.25) is 0 Å². The number of terminal acetylenes is 1. The van der Waals surface area contributed by atoms with Crippen LogP contribution in [0, 0.1) is 47.3 Å². The first-order chi connectivity index (χ1) is 14.4. The topological polar surface area (TPSA) is 18.5 Å². The maximum Gasteiger partial charge on any atom is 0.185 e. The highest BCUT2D eigenvalue weighted by Gasteiger charge is 2.65. The van der Waals surface area contributed by atoms with E-state index in [0.717, 1.165) is 36.0 Å². The fraction of sp³-hybridized carbons (Fsp3) is 0.926. The maximum absolute atomic E-state index is 6.94. The van der Waals surface area contributed by atoms with Gasteiger partial charge in [0, 0.05) is 11.5 Å². The Hall–Kier alpha value is -0.0862. The molecule has 0 amide bonds. The fourth-order valence-electron chi connectivity index (χ4n) is 8.88. The Morgan fingerprint density at radius 2 is 1.55 bits per heavy atom. The lowest BCUT2D eigenvalue weighted by Crippen LogP contribution is -2.57. The molecule has 0 saturated heterocycles. The van der Waals surface area contributed by atoms with Crippen LogP contribution in [0.1, 0.15) is 71.1 Å². The Balaban J connectivity index is 1.53. The smallest absolute Gasteiger partial charge is 0.185 e. The first-order valence-corrected chi connectivity index (χ1v) is 20.1. The molecule has 8 unspecified atom stereocenters. The lowest BCUT2D eigenvalue weighted by molar-refractivity contribution is -0.115. The van der Waals surface area contributed by atoms with E-state index in [0.29, 0.717) is 6.10 Å². The largest absolute Gasteiger partial charge is 0.415 e. The zero-order chi connectivity index (χ0) is 22.7. The van der Waals surface area contributed by atoms with Crippen LogP contribution in [0.15, 0.2) is 0 Å². The molecule has 0 radical (unpaired) electrons. The summed E-state index contributed by atoms with van der Waals surface area (Å²) >= 11 is 0. The zero-order valence-corrected chi connectivity index (χ0v) is 23.4. The number of hydrogen-bond donors (Lipinski definition) is 0. The SMILES string of the molecule is C#CC1(O[Si](C)(C)C)CCC2C3CCC4CC(O[Si](C)(C)C)CCC4C3CCC21CC. The molecule has 0 aliphatic heterocycles. The van der Waals surface area contributed by atoms with E-state index in [9.17, 15) is 0 Å². The second-order valence-corrected chi connectivity index (χ2v) is 22.3. The summed E-state index contributed by atoms with van der Waals surface area (Å²) in [6.45, 7) is 16.4. The van der Waals surface area contributed by atoms with Crippen LogP contribution >= 0.6 is 0 Å². The van der Waals surface area contributed by atoms with Crippen molar-refractivity contribution in [2.45, 2.75) is 122 Å². The van der Waals surface area contributed by atoms with E-state index in [1.54, 1.807) is 0 Å². The molecule has 0 aromatic heterocycles. The van der Waals surface area contributed by atoms with Crippen molar-refractivity contribution in [1.29, 1.82) is 0 Å². The molecule has 4 heteroatoms. The highest BCUT2D eigenvalue weighted by Crippen LogP contribution is 2.67. The summed E-state index contributed by atoms with van der Waals surface area (Å²) in [5.41, 5.74) is -0.0876. The molecule has 2 nitrogen and oxygen atoms in total. The Kier molecular flexibility index (Phi) is 6.43. The molecule has 0 bridgehead atoms. The first kappa shape index (κ1) is 24.1. The fourth-order valence-corrected chi connectivity index (χ4v) is 11.5. The third-order valence-corrected chi connectivity index (χ3v) is 11.6. The quantitative estimate of drug-likeness (QED) is 0.313. The first-order valence-electron chi connectivity index (χ1n) is 13.3. The molecule has 0 aromatic rings. The average molecular weight is 461 g/mol. The molecule has 0 spiro atoms. The monoisotopic (exact) mass is 460 g/mol. The summed E-state index contributed by atoms with van der Waals surface area (Å²) < 4.78 is 13.5. The van der Waals surface area contributed by atoms with Crippen molar-refractivity contribution in [3.63, 3.8) is 0 Å². The van der Waals surface area contributed by atoms with E-state index >= 15 is 0 Å². The van der Waals surface area contributed by atoms with E-state index in [1.165, 1.54) is 57.8 Å². The average Bonchev–Trinajstić information content (AvgIpc) is 2.99. The molecule has 176 valence electrons. The normalized spacial score (nSPS) is 45.4. The second kappa shape index (κ2) is 8.29. The molecule has 0 aromatic carbocycles. The van der Waals surface area contributed by atoms with Gasteiger partial charge in [0.25, 0.3) is 0 Å². The van der Waals surface area contributed by atoms with Gasteiger partial charge in [-0.25, -0.2) is 0 Å². The van der Waals surface area contributed by atoms with Crippen LogP contribution in [0.2, 0.25) is 39.3 Å². The second-order valence-electron chi connectivity index (χ2n) is 13.4. The molecular formula is C27H48O2Si2. The van der Waals surface area contributed by atoms with Crippen molar-refractivity contribution >= 4 is 16.6 Å². The molecule has 4 aliphatic rings. The molecule has 4 rings (SSSR count). The molecule has 0 N–H and O–H groups in total. The molecule has 8 atom stereocenters. The summed E-state index contributed by atoms with van der Waals surface area (Å²) in [7, 11) is -3.15. The van der Waals surface area contributed by atoms with Crippen LogP contribution < -0.4 is 0 Å². The van der Waals surface area contributed by atoms with E-state index in [1.807, 2.05) is 0 Å². The summed E-state index contributed by atoms with van der Waals surface area (Å²) in [4.78, 5) is 0. The third kappa shape index (κ3) is 4.27. The standard InChI is InChI=1S/C27H48O2Si2/c1-9-26-17-15-23-22-14-12-21(28-30(3,4)5)19-20(22)11-13-24(23)25(26)16-18-27(26,10-2)29-31(6,7)8/h2,20-25H,9,11-19H2,1,3-8H3. The van der Waals surface area contributed by atoms with Crippen molar-refractivity contribution in [3.8, 4) is 12.3 Å². The minimum absolute atomic E-state index is 0.216. The van der Waals surface area contributed by atoms with Crippen LogP contribution in [-0.4, -0.2) is 28.3 Å². The summed E-state index contributed by atoms with van der Waals surface area (Å²) in [5, 5.41) is 0. The van der Waals surface area contributed by atoms with Gasteiger partial charge in [-0.15, -0.1) is 6.42 Å². The molecule has 4 saturated carbocycles. The molecular weight excluding hydrogens is 412 g/mol. The summed E-state index contributed by atoms with van der Waals surface area (Å²) in [6, 6.07) is 0. The van der Waals surface area contributed by atoms with E-state index in [2.05, 4.69) is 52.1 Å². The Morgan fingerprint density at radius 1 is 0.839 bits per heavy atom. The van der Waals surface area contributed by atoms with Gasteiger partial charge >= 0.3 is 0 Å².